The number of hydrogen-bond donors (Lipinski definition) is 0. The van der Waals surface area contributed by atoms with Crippen LogP contribution in [0.1, 0.15) is 6.92 Å². The predicted octanol–water partition coefficient (Wildman–Crippen LogP) is 4.03. The summed E-state index contributed by atoms with van der Waals surface area (Å²) >= 11 is 2.43. The van der Waals surface area contributed by atoms with Gasteiger partial charge in [0.05, 0.1) is 10.7 Å². The van der Waals surface area contributed by atoms with Crippen LogP contribution in [-0.4, -0.2) is 11.3 Å². The van der Waals surface area contributed by atoms with Crippen LogP contribution in [0.4, 0.5) is 10.1 Å². The first-order chi connectivity index (χ1) is 6.01. The Hall–Kier alpha value is -0.100. The van der Waals surface area contributed by atoms with Crippen LogP contribution < -0.4 is 0 Å². The molecule has 0 radical (unpaired) electrons. The number of hydrogen-bond acceptors (Lipinski definition) is 1. The Bertz CT molecular complexity index is 401. The average Bonchev–Trinajstić information content (AvgIpc) is 2.23. The zero-order valence-corrected chi connectivity index (χ0v) is 10.3. The predicted molar refractivity (Wildman–Crippen MR) is 65.0 cm³/mol. The van der Waals surface area contributed by atoms with Crippen molar-refractivity contribution in [2.45, 2.75) is 11.8 Å². The fraction of sp³-hybridized carbons (Fsp3) is 0.222. The molecule has 0 saturated heterocycles. The van der Waals surface area contributed by atoms with E-state index in [1.54, 1.807) is 0 Å². The standard InChI is InChI=1S/C9H9FINS/c1-6-12-8-5-7(10)3-4-9(8)13(6,2)11/h3-5H,1-2H3. The quantitative estimate of drug-likeness (QED) is 0.642. The number of fused-ring (bicyclic) bond motifs is 1. The van der Waals surface area contributed by atoms with Gasteiger partial charge < -0.3 is 0 Å². The zero-order chi connectivity index (χ0) is 9.64. The third-order valence-corrected chi connectivity index (χ3v) is 7.87. The lowest BCUT2D eigenvalue weighted by atomic mass is 10.3. The highest BCUT2D eigenvalue weighted by Crippen LogP contribution is 2.67. The van der Waals surface area contributed by atoms with E-state index < -0.39 is 7.20 Å². The number of rotatable bonds is 0. The monoisotopic (exact) mass is 309 g/mol. The summed E-state index contributed by atoms with van der Waals surface area (Å²) in [5, 5.41) is 1.12. The van der Waals surface area contributed by atoms with Gasteiger partial charge in [0.1, 0.15) is 5.82 Å². The van der Waals surface area contributed by atoms with E-state index in [-0.39, 0.29) is 5.82 Å². The number of halogens is 2. The van der Waals surface area contributed by atoms with E-state index in [4.69, 9.17) is 0 Å². The minimum Gasteiger partial charge on any atom is -0.246 e. The number of aliphatic imine (C=N–C) groups is 1. The van der Waals surface area contributed by atoms with Crippen LogP contribution in [-0.2, 0) is 0 Å². The lowest BCUT2D eigenvalue weighted by Crippen LogP contribution is -1.94. The third kappa shape index (κ3) is 1.40. The minimum absolute atomic E-state index is 0.205. The van der Waals surface area contributed by atoms with Gasteiger partial charge in [0.15, 0.2) is 0 Å². The SMILES string of the molecule is CC1=Nc2cc(F)ccc2S1(C)I. The van der Waals surface area contributed by atoms with Gasteiger partial charge in [-0.2, -0.15) is 0 Å². The second kappa shape index (κ2) is 2.95. The Labute approximate surface area is 90.3 Å². The van der Waals surface area contributed by atoms with Crippen LogP contribution in [0.15, 0.2) is 28.1 Å². The van der Waals surface area contributed by atoms with Crippen molar-refractivity contribution < 1.29 is 4.39 Å². The second-order valence-electron chi connectivity index (χ2n) is 3.06. The van der Waals surface area contributed by atoms with Crippen molar-refractivity contribution in [1.82, 2.24) is 0 Å². The van der Waals surface area contributed by atoms with Gasteiger partial charge in [-0.05, 0) is 46.5 Å². The fourth-order valence-electron chi connectivity index (χ4n) is 1.32. The molecule has 1 nitrogen and oxygen atoms in total. The summed E-state index contributed by atoms with van der Waals surface area (Å²) in [5.74, 6) is -0.205. The van der Waals surface area contributed by atoms with E-state index in [9.17, 15) is 4.39 Å². The molecule has 2 rings (SSSR count). The van der Waals surface area contributed by atoms with Crippen molar-refractivity contribution >= 4 is 39.1 Å². The Morgan fingerprint density at radius 2 is 2.15 bits per heavy atom. The molecule has 0 aliphatic carbocycles. The van der Waals surface area contributed by atoms with Gasteiger partial charge in [0.2, 0.25) is 0 Å². The molecule has 0 N–H and O–H groups in total. The maximum absolute atomic E-state index is 12.9. The van der Waals surface area contributed by atoms with Crippen LogP contribution in [0.25, 0.3) is 0 Å². The number of benzene rings is 1. The molecule has 70 valence electrons. The first-order valence-corrected chi connectivity index (χ1v) is 8.43. The highest BCUT2D eigenvalue weighted by Gasteiger charge is 2.29. The molecule has 1 atom stereocenters. The van der Waals surface area contributed by atoms with Crippen molar-refractivity contribution in [2.75, 3.05) is 6.26 Å². The van der Waals surface area contributed by atoms with Crippen LogP contribution in [0.2, 0.25) is 0 Å². The first-order valence-electron chi connectivity index (χ1n) is 3.85. The topological polar surface area (TPSA) is 12.4 Å². The molecule has 0 fully saturated rings. The summed E-state index contributed by atoms with van der Waals surface area (Å²) in [6.45, 7) is 2.01. The van der Waals surface area contributed by atoms with Gasteiger partial charge >= 0.3 is 0 Å². The Morgan fingerprint density at radius 1 is 1.46 bits per heavy atom. The second-order valence-corrected chi connectivity index (χ2v) is 11.0. The molecule has 1 aliphatic heterocycles. The third-order valence-electron chi connectivity index (χ3n) is 2.17. The molecule has 4 heteroatoms. The van der Waals surface area contributed by atoms with Crippen LogP contribution in [0.3, 0.4) is 0 Å². The maximum Gasteiger partial charge on any atom is 0.125 e. The van der Waals surface area contributed by atoms with Gasteiger partial charge in [-0.1, -0.05) is 0 Å². The average molecular weight is 309 g/mol. The molecule has 1 unspecified atom stereocenters. The summed E-state index contributed by atoms with van der Waals surface area (Å²) in [6.07, 6.45) is 2.18. The summed E-state index contributed by atoms with van der Waals surface area (Å²) in [4.78, 5) is 5.56. The molecule has 0 bridgehead atoms. The van der Waals surface area contributed by atoms with Gasteiger partial charge in [-0.3, -0.25) is 0 Å². The lowest BCUT2D eigenvalue weighted by Gasteiger charge is -2.23. The molecule has 1 aromatic carbocycles. The molecular formula is C9H9FINS. The van der Waals surface area contributed by atoms with Crippen LogP contribution >= 0.6 is 28.4 Å². The van der Waals surface area contributed by atoms with Crippen LogP contribution in [0.5, 0.6) is 0 Å². The molecule has 1 aromatic rings. The molecule has 13 heavy (non-hydrogen) atoms. The van der Waals surface area contributed by atoms with E-state index in [0.717, 1.165) is 10.7 Å². The van der Waals surface area contributed by atoms with Gasteiger partial charge in [-0.25, -0.2) is 9.38 Å². The summed E-state index contributed by atoms with van der Waals surface area (Å²) < 4.78 is 12.9. The van der Waals surface area contributed by atoms with Gasteiger partial charge in [0, 0.05) is 11.0 Å². The summed E-state index contributed by atoms with van der Waals surface area (Å²) in [5.41, 5.74) is 0.810. The molecule has 0 spiro atoms. The molecule has 1 heterocycles. The van der Waals surface area contributed by atoms with E-state index in [1.165, 1.54) is 17.0 Å². The van der Waals surface area contributed by atoms with Crippen molar-refractivity contribution in [2.24, 2.45) is 4.99 Å². The number of nitrogens with zero attached hydrogens (tertiary/aromatic N) is 1. The van der Waals surface area contributed by atoms with Crippen molar-refractivity contribution in [3.05, 3.63) is 24.0 Å². The smallest absolute Gasteiger partial charge is 0.125 e. The van der Waals surface area contributed by atoms with Gasteiger partial charge in [-0.15, -0.1) is 7.20 Å². The van der Waals surface area contributed by atoms with Crippen molar-refractivity contribution in [3.8, 4) is 0 Å². The van der Waals surface area contributed by atoms with Crippen molar-refractivity contribution in [1.29, 1.82) is 0 Å². The van der Waals surface area contributed by atoms with Gasteiger partial charge in [0.25, 0.3) is 0 Å². The Kier molecular flexibility index (Phi) is 2.14. The minimum atomic E-state index is -0.948. The molecule has 1 aliphatic rings. The fourth-order valence-corrected chi connectivity index (χ4v) is 4.14. The first kappa shape index (κ1) is 9.45. The van der Waals surface area contributed by atoms with Crippen molar-refractivity contribution in [3.63, 3.8) is 0 Å². The van der Waals surface area contributed by atoms with E-state index >= 15 is 0 Å². The van der Waals surface area contributed by atoms with E-state index in [2.05, 4.69) is 32.5 Å². The summed E-state index contributed by atoms with van der Waals surface area (Å²) in [6, 6.07) is 4.87. The Balaban J connectivity index is 2.65. The highest BCUT2D eigenvalue weighted by molar-refractivity contribution is 14.2. The maximum atomic E-state index is 12.9. The van der Waals surface area contributed by atoms with Crippen LogP contribution in [0, 0.1) is 5.82 Å². The Morgan fingerprint density at radius 3 is 2.85 bits per heavy atom. The summed E-state index contributed by atoms with van der Waals surface area (Å²) in [7, 11) is -0.948. The molecule has 0 amide bonds. The van der Waals surface area contributed by atoms with E-state index in [0.29, 0.717) is 0 Å². The highest BCUT2D eigenvalue weighted by atomic mass is 127. The lowest BCUT2D eigenvalue weighted by molar-refractivity contribution is 0.627. The molecule has 0 aromatic heterocycles. The largest absolute Gasteiger partial charge is 0.246 e. The van der Waals surface area contributed by atoms with E-state index in [1.807, 2.05) is 13.0 Å². The zero-order valence-electron chi connectivity index (χ0n) is 7.34. The molecular weight excluding hydrogens is 300 g/mol. The normalized spacial score (nSPS) is 30.6. The molecule has 0 saturated carbocycles.